The minimum absolute atomic E-state index is 0.0571. The van der Waals surface area contributed by atoms with E-state index in [9.17, 15) is 40.5 Å². The van der Waals surface area contributed by atoms with Crippen molar-refractivity contribution >= 4 is 5.78 Å². The molecule has 2 aliphatic heterocycles. The Morgan fingerprint density at radius 3 is 2.41 bits per heavy atom. The molecule has 11 heteroatoms. The van der Waals surface area contributed by atoms with Gasteiger partial charge in [0.05, 0.1) is 13.0 Å². The molecular weight excluding hydrogens is 428 g/mol. The average Bonchev–Trinajstić information content (AvgIpc) is 2.73. The van der Waals surface area contributed by atoms with Crippen LogP contribution >= 0.6 is 0 Å². The summed E-state index contributed by atoms with van der Waals surface area (Å²) in [5, 5.41) is 69.1. The lowest BCUT2D eigenvalue weighted by Gasteiger charge is -2.39. The smallest absolute Gasteiger partial charge is 0.229 e. The van der Waals surface area contributed by atoms with Crippen LogP contribution in [0.25, 0.3) is 0 Å². The van der Waals surface area contributed by atoms with Crippen LogP contribution in [0.4, 0.5) is 0 Å². The summed E-state index contributed by atoms with van der Waals surface area (Å²) in [7, 11) is 0. The zero-order valence-electron chi connectivity index (χ0n) is 16.5. The molecular formula is C21H22O11. The summed E-state index contributed by atoms with van der Waals surface area (Å²) in [5.41, 5.74) is 0.155. The summed E-state index contributed by atoms with van der Waals surface area (Å²) < 4.78 is 16.6. The Balaban J connectivity index is 1.61. The Morgan fingerprint density at radius 1 is 0.969 bits per heavy atom. The van der Waals surface area contributed by atoms with Crippen LogP contribution in [0.5, 0.6) is 28.7 Å². The monoisotopic (exact) mass is 450 g/mol. The standard InChI is InChI=1S/C21H22O11/c22-7-16-18(27)19(28)20(29)21(32-16)30-9-4-12(25)17-13(26)6-14(31-15(17)5-9)10-2-1-8(23)3-11(10)24/h1-5,14,16,18-25,27-29H,6-7H2. The molecule has 2 aromatic carbocycles. The van der Waals surface area contributed by atoms with Gasteiger partial charge in [-0.25, -0.2) is 0 Å². The van der Waals surface area contributed by atoms with Crippen LogP contribution < -0.4 is 9.47 Å². The van der Waals surface area contributed by atoms with E-state index >= 15 is 0 Å². The Hall–Kier alpha value is -3.09. The van der Waals surface area contributed by atoms with Crippen LogP contribution in [0.1, 0.15) is 28.4 Å². The highest BCUT2D eigenvalue weighted by Crippen LogP contribution is 2.44. The first-order chi connectivity index (χ1) is 15.2. The van der Waals surface area contributed by atoms with Gasteiger partial charge in [-0.2, -0.15) is 0 Å². The third-order valence-electron chi connectivity index (χ3n) is 5.44. The van der Waals surface area contributed by atoms with E-state index in [1.807, 2.05) is 0 Å². The normalized spacial score (nSPS) is 29.8. The number of phenols is 3. The first-order valence-electron chi connectivity index (χ1n) is 9.75. The molecule has 4 rings (SSSR count). The number of aromatic hydroxyl groups is 3. The van der Waals surface area contributed by atoms with Gasteiger partial charge in [0.2, 0.25) is 6.29 Å². The van der Waals surface area contributed by atoms with Crippen molar-refractivity contribution in [1.82, 2.24) is 0 Å². The Labute approximate surface area is 181 Å². The number of aliphatic hydroxyl groups is 4. The summed E-state index contributed by atoms with van der Waals surface area (Å²) in [6.07, 6.45) is -8.66. The number of phenolic OH excluding ortho intramolecular Hbond substituents is 3. The molecule has 0 aliphatic carbocycles. The number of hydrogen-bond donors (Lipinski definition) is 7. The Kier molecular flexibility index (Phi) is 5.84. The van der Waals surface area contributed by atoms with Gasteiger partial charge in [-0.3, -0.25) is 4.79 Å². The van der Waals surface area contributed by atoms with Crippen molar-refractivity contribution in [2.75, 3.05) is 6.61 Å². The van der Waals surface area contributed by atoms with Crippen molar-refractivity contribution in [2.24, 2.45) is 0 Å². The summed E-state index contributed by atoms with van der Waals surface area (Å²) in [6, 6.07) is 6.20. The number of hydrogen-bond acceptors (Lipinski definition) is 11. The predicted molar refractivity (Wildman–Crippen MR) is 105 cm³/mol. The fourth-order valence-corrected chi connectivity index (χ4v) is 3.76. The van der Waals surface area contributed by atoms with Crippen LogP contribution in [0.15, 0.2) is 30.3 Å². The third-order valence-corrected chi connectivity index (χ3v) is 5.44. The van der Waals surface area contributed by atoms with E-state index in [2.05, 4.69) is 0 Å². The van der Waals surface area contributed by atoms with E-state index in [0.29, 0.717) is 0 Å². The van der Waals surface area contributed by atoms with Crippen LogP contribution in [-0.4, -0.2) is 78.8 Å². The zero-order valence-corrected chi connectivity index (χ0v) is 16.5. The molecule has 1 fully saturated rings. The predicted octanol–water partition coefficient (Wildman–Crippen LogP) is -0.311. The SMILES string of the molecule is O=C1CC(c2ccc(O)cc2O)Oc2cc(OC3OC(CO)C(O)C(O)C3O)cc(O)c21. The van der Waals surface area contributed by atoms with Gasteiger partial charge >= 0.3 is 0 Å². The number of carbonyl (C=O) groups is 1. The van der Waals surface area contributed by atoms with Gasteiger partial charge in [-0.05, 0) is 12.1 Å². The van der Waals surface area contributed by atoms with Gasteiger partial charge in [-0.15, -0.1) is 0 Å². The zero-order chi connectivity index (χ0) is 23.2. The van der Waals surface area contributed by atoms with Crippen molar-refractivity contribution < 1.29 is 54.8 Å². The number of ether oxygens (including phenoxy) is 3. The second-order valence-corrected chi connectivity index (χ2v) is 7.61. The second kappa shape index (κ2) is 8.45. The molecule has 6 unspecified atom stereocenters. The number of rotatable bonds is 4. The highest BCUT2D eigenvalue weighted by Gasteiger charge is 2.45. The first kappa shape index (κ1) is 22.1. The average molecular weight is 450 g/mol. The van der Waals surface area contributed by atoms with E-state index in [4.69, 9.17) is 14.2 Å². The Bertz CT molecular complexity index is 1020. The lowest BCUT2D eigenvalue weighted by atomic mass is 9.95. The summed E-state index contributed by atoms with van der Waals surface area (Å²) >= 11 is 0. The van der Waals surface area contributed by atoms with E-state index in [1.54, 1.807) is 0 Å². The largest absolute Gasteiger partial charge is 0.508 e. The van der Waals surface area contributed by atoms with Gasteiger partial charge in [0.15, 0.2) is 5.78 Å². The van der Waals surface area contributed by atoms with Crippen molar-refractivity contribution in [3.63, 3.8) is 0 Å². The van der Waals surface area contributed by atoms with Crippen LogP contribution in [0, 0.1) is 0 Å². The second-order valence-electron chi connectivity index (χ2n) is 7.61. The van der Waals surface area contributed by atoms with Gasteiger partial charge in [0.1, 0.15) is 64.8 Å². The first-order valence-corrected chi connectivity index (χ1v) is 9.75. The highest BCUT2D eigenvalue weighted by atomic mass is 16.7. The molecule has 2 aliphatic rings. The molecule has 2 heterocycles. The van der Waals surface area contributed by atoms with Gasteiger partial charge in [0, 0.05) is 23.8 Å². The van der Waals surface area contributed by atoms with Gasteiger partial charge < -0.3 is 50.0 Å². The molecule has 32 heavy (non-hydrogen) atoms. The van der Waals surface area contributed by atoms with Crippen LogP contribution in [0.3, 0.4) is 0 Å². The number of fused-ring (bicyclic) bond motifs is 1. The molecule has 11 nitrogen and oxygen atoms in total. The Morgan fingerprint density at radius 2 is 1.72 bits per heavy atom. The quantitative estimate of drug-likeness (QED) is 0.324. The maximum Gasteiger partial charge on any atom is 0.229 e. The van der Waals surface area contributed by atoms with Crippen molar-refractivity contribution in [1.29, 1.82) is 0 Å². The van der Waals surface area contributed by atoms with Crippen molar-refractivity contribution in [2.45, 2.75) is 43.2 Å². The number of Topliss-reactive ketones (excluding diaryl/α,β-unsaturated/α-hetero) is 1. The fraction of sp³-hybridized carbons (Fsp3) is 0.381. The van der Waals surface area contributed by atoms with Crippen molar-refractivity contribution in [3.8, 4) is 28.7 Å². The fourth-order valence-electron chi connectivity index (χ4n) is 3.76. The number of carbonyl (C=O) groups excluding carboxylic acids is 1. The minimum atomic E-state index is -1.67. The molecule has 0 saturated carbocycles. The van der Waals surface area contributed by atoms with E-state index in [1.165, 1.54) is 18.2 Å². The molecule has 0 amide bonds. The summed E-state index contributed by atoms with van der Waals surface area (Å²) in [5.74, 6) is -1.50. The number of ketones is 1. The van der Waals surface area contributed by atoms with Crippen LogP contribution in [-0.2, 0) is 4.74 Å². The van der Waals surface area contributed by atoms with E-state index in [-0.39, 0.29) is 40.5 Å². The lowest BCUT2D eigenvalue weighted by Crippen LogP contribution is -2.60. The lowest BCUT2D eigenvalue weighted by molar-refractivity contribution is -0.277. The van der Waals surface area contributed by atoms with E-state index < -0.39 is 54.9 Å². The third kappa shape index (κ3) is 3.92. The minimum Gasteiger partial charge on any atom is -0.508 e. The maximum absolute atomic E-state index is 12.6. The molecule has 1 saturated heterocycles. The van der Waals surface area contributed by atoms with E-state index in [0.717, 1.165) is 12.1 Å². The van der Waals surface area contributed by atoms with Crippen molar-refractivity contribution in [3.05, 3.63) is 41.5 Å². The molecule has 0 radical (unpaired) electrons. The highest BCUT2D eigenvalue weighted by molar-refractivity contribution is 6.02. The molecule has 6 atom stereocenters. The maximum atomic E-state index is 12.6. The summed E-state index contributed by atoms with van der Waals surface area (Å²) in [6.45, 7) is -0.643. The molecule has 2 aromatic rings. The van der Waals surface area contributed by atoms with Gasteiger partial charge in [-0.1, -0.05) is 0 Å². The van der Waals surface area contributed by atoms with Gasteiger partial charge in [0.25, 0.3) is 0 Å². The molecule has 0 spiro atoms. The number of benzene rings is 2. The molecule has 172 valence electrons. The van der Waals surface area contributed by atoms with Crippen LogP contribution in [0.2, 0.25) is 0 Å². The number of aliphatic hydroxyl groups excluding tert-OH is 4. The molecule has 7 N–H and O–H groups in total. The molecule has 0 aromatic heterocycles. The molecule has 0 bridgehead atoms. The summed E-state index contributed by atoms with van der Waals surface area (Å²) in [4.78, 5) is 12.6. The topological polar surface area (TPSA) is 186 Å².